The Kier molecular flexibility index (Phi) is 7.22. The fourth-order valence-corrected chi connectivity index (χ4v) is 8.30. The smallest absolute Gasteiger partial charge is 0.251 e. The average Bonchev–Trinajstić information content (AvgIpc) is 3.76. The van der Waals surface area contributed by atoms with Gasteiger partial charge in [0.15, 0.2) is 5.82 Å². The molecule has 3 fully saturated rings. The topological polar surface area (TPSA) is 95.4 Å². The molecule has 4 heterocycles. The van der Waals surface area contributed by atoms with Gasteiger partial charge in [0.2, 0.25) is 5.91 Å². The number of benzene rings is 2. The van der Waals surface area contributed by atoms with Crippen molar-refractivity contribution in [2.45, 2.75) is 96.7 Å². The van der Waals surface area contributed by atoms with E-state index in [0.29, 0.717) is 28.9 Å². The van der Waals surface area contributed by atoms with Crippen molar-refractivity contribution in [1.82, 2.24) is 24.8 Å². The molecular weight excluding hydrogens is 598 g/mol. The predicted octanol–water partition coefficient (Wildman–Crippen LogP) is 7.12. The number of pyridine rings is 1. The van der Waals surface area contributed by atoms with Crippen LogP contribution in [0.15, 0.2) is 48.8 Å². The standard InChI is InChI=1S/C39H47N7O2/c1-23-8-10-25(17-29(23)36(47)40-6)42-35-34-32(41-22-45(34)26-11-12-26)20-31(43-35)24-9-13-30-33(16-24)46(37(48)39(30,4)5)28-18-27(19-28)44-15-7-14-38(2,3)21-44/h8-10,13,16-17,20,22,26-28H,7,11-12,14-15,18-19,21H2,1-6H3,(H,40,47)(H,42,43)/t27-,28+. The highest BCUT2D eigenvalue weighted by Gasteiger charge is 2.50. The quantitative estimate of drug-likeness (QED) is 0.222. The van der Waals surface area contributed by atoms with Gasteiger partial charge in [-0.2, -0.15) is 0 Å². The molecule has 0 radical (unpaired) electrons. The Morgan fingerprint density at radius 3 is 2.50 bits per heavy atom. The van der Waals surface area contributed by atoms with Crippen molar-refractivity contribution in [3.8, 4) is 11.3 Å². The van der Waals surface area contributed by atoms with Gasteiger partial charge in [0, 0.05) is 54.2 Å². The molecule has 2 aromatic heterocycles. The maximum absolute atomic E-state index is 14.0. The van der Waals surface area contributed by atoms with Crippen molar-refractivity contribution in [3.63, 3.8) is 0 Å². The lowest BCUT2D eigenvalue weighted by atomic mass is 9.78. The Bertz CT molecular complexity index is 1950. The van der Waals surface area contributed by atoms with Crippen LogP contribution in [-0.2, 0) is 10.2 Å². The van der Waals surface area contributed by atoms with Gasteiger partial charge in [0.1, 0.15) is 5.52 Å². The molecule has 4 aliphatic rings. The summed E-state index contributed by atoms with van der Waals surface area (Å²) in [6.07, 6.45) is 8.75. The van der Waals surface area contributed by atoms with Gasteiger partial charge in [0.05, 0.1) is 23.0 Å². The van der Waals surface area contributed by atoms with Gasteiger partial charge in [-0.15, -0.1) is 0 Å². The minimum absolute atomic E-state index is 0.122. The molecule has 2 aliphatic heterocycles. The number of amides is 2. The lowest BCUT2D eigenvalue weighted by Gasteiger charge is -2.50. The number of hydrogen-bond acceptors (Lipinski definition) is 6. The van der Waals surface area contributed by atoms with Crippen LogP contribution in [-0.4, -0.2) is 63.5 Å². The summed E-state index contributed by atoms with van der Waals surface area (Å²) < 4.78 is 2.23. The Morgan fingerprint density at radius 1 is 0.979 bits per heavy atom. The Labute approximate surface area is 283 Å². The van der Waals surface area contributed by atoms with E-state index in [1.807, 2.05) is 31.5 Å². The highest BCUT2D eigenvalue weighted by molar-refractivity contribution is 6.09. The van der Waals surface area contributed by atoms with Gasteiger partial charge in [-0.1, -0.05) is 32.0 Å². The Hall–Kier alpha value is -4.24. The van der Waals surface area contributed by atoms with E-state index in [1.54, 1.807) is 7.05 Å². The van der Waals surface area contributed by atoms with Crippen molar-refractivity contribution in [3.05, 3.63) is 65.5 Å². The number of nitrogens with one attached hydrogen (secondary N) is 2. The van der Waals surface area contributed by atoms with Gasteiger partial charge in [0.25, 0.3) is 5.91 Å². The minimum atomic E-state index is -0.576. The molecule has 9 nitrogen and oxygen atoms in total. The van der Waals surface area contributed by atoms with Crippen LogP contribution in [0.2, 0.25) is 0 Å². The number of hydrogen-bond donors (Lipinski definition) is 2. The average molecular weight is 646 g/mol. The Balaban J connectivity index is 1.14. The zero-order valence-corrected chi connectivity index (χ0v) is 29.1. The van der Waals surface area contributed by atoms with Crippen LogP contribution in [0.25, 0.3) is 22.3 Å². The maximum atomic E-state index is 14.0. The summed E-state index contributed by atoms with van der Waals surface area (Å²) >= 11 is 0. The van der Waals surface area contributed by atoms with Gasteiger partial charge >= 0.3 is 0 Å². The van der Waals surface area contributed by atoms with Crippen LogP contribution in [0, 0.1) is 12.3 Å². The van der Waals surface area contributed by atoms with Crippen LogP contribution in [0.5, 0.6) is 0 Å². The normalized spacial score (nSPS) is 23.2. The van der Waals surface area contributed by atoms with E-state index in [-0.39, 0.29) is 17.9 Å². The third-order valence-electron chi connectivity index (χ3n) is 11.3. The van der Waals surface area contributed by atoms with Crippen molar-refractivity contribution < 1.29 is 9.59 Å². The van der Waals surface area contributed by atoms with Crippen molar-refractivity contribution in [2.75, 3.05) is 30.4 Å². The van der Waals surface area contributed by atoms with Crippen molar-refractivity contribution in [2.24, 2.45) is 5.41 Å². The molecule has 0 atom stereocenters. The third-order valence-corrected chi connectivity index (χ3v) is 11.3. The van der Waals surface area contributed by atoms with Crippen molar-refractivity contribution >= 4 is 40.0 Å². The summed E-state index contributed by atoms with van der Waals surface area (Å²) in [5.41, 5.74) is 7.79. The second-order valence-corrected chi connectivity index (χ2v) is 15.9. The molecular formula is C39H47N7O2. The van der Waals surface area contributed by atoms with Crippen LogP contribution in [0.3, 0.4) is 0 Å². The van der Waals surface area contributed by atoms with E-state index in [1.165, 1.54) is 12.8 Å². The van der Waals surface area contributed by atoms with E-state index in [9.17, 15) is 9.59 Å². The molecule has 8 rings (SSSR count). The number of carbonyl (C=O) groups is 2. The first-order valence-corrected chi connectivity index (χ1v) is 17.6. The zero-order chi connectivity index (χ0) is 33.5. The van der Waals surface area contributed by atoms with Crippen molar-refractivity contribution in [1.29, 1.82) is 0 Å². The summed E-state index contributed by atoms with van der Waals surface area (Å²) in [7, 11) is 1.65. The second kappa shape index (κ2) is 11.2. The van der Waals surface area contributed by atoms with Crippen LogP contribution < -0.4 is 15.5 Å². The second-order valence-electron chi connectivity index (χ2n) is 15.9. The summed E-state index contributed by atoms with van der Waals surface area (Å²) in [5, 5.41) is 6.30. The number of aromatic nitrogens is 3. The highest BCUT2D eigenvalue weighted by Crippen LogP contribution is 2.48. The van der Waals surface area contributed by atoms with Gasteiger partial charge in [-0.05, 0) is 107 Å². The van der Waals surface area contributed by atoms with Crippen LogP contribution >= 0.6 is 0 Å². The minimum Gasteiger partial charge on any atom is -0.355 e. The highest BCUT2D eigenvalue weighted by atomic mass is 16.2. The molecule has 9 heteroatoms. The predicted molar refractivity (Wildman–Crippen MR) is 191 cm³/mol. The molecule has 0 unspecified atom stereocenters. The molecule has 2 amide bonds. The molecule has 0 bridgehead atoms. The lowest BCUT2D eigenvalue weighted by molar-refractivity contribution is -0.123. The SMILES string of the molecule is CNC(=O)c1cc(Nc2nc(-c3ccc4c(c3)N([C@H]3C[C@@H](N5CCCC(C)(C)C5)C3)C(=O)C4(C)C)cc3ncn(C4CC4)c23)ccc1C. The van der Waals surface area contributed by atoms with Gasteiger partial charge in [-0.25, -0.2) is 9.97 Å². The molecule has 1 saturated heterocycles. The molecule has 2 saturated carbocycles. The van der Waals surface area contributed by atoms with E-state index in [0.717, 1.165) is 83.6 Å². The number of anilines is 3. The third kappa shape index (κ3) is 5.18. The lowest BCUT2D eigenvalue weighted by Crippen LogP contribution is -2.58. The van der Waals surface area contributed by atoms with E-state index >= 15 is 0 Å². The molecule has 4 aromatic rings. The molecule has 2 aliphatic carbocycles. The summed E-state index contributed by atoms with van der Waals surface area (Å²) in [6.45, 7) is 13.1. The first-order valence-electron chi connectivity index (χ1n) is 17.6. The van der Waals surface area contributed by atoms with Crippen LogP contribution in [0.1, 0.15) is 93.7 Å². The molecule has 0 spiro atoms. The van der Waals surface area contributed by atoms with Gasteiger partial charge in [-0.3, -0.25) is 14.5 Å². The fraction of sp³-hybridized carbons (Fsp3) is 0.487. The molecule has 2 aromatic carbocycles. The summed E-state index contributed by atoms with van der Waals surface area (Å²) in [6, 6.07) is 15.5. The first kappa shape index (κ1) is 31.1. The number of fused-ring (bicyclic) bond motifs is 2. The van der Waals surface area contributed by atoms with Crippen LogP contribution in [0.4, 0.5) is 17.2 Å². The van der Waals surface area contributed by atoms with E-state index in [4.69, 9.17) is 9.97 Å². The maximum Gasteiger partial charge on any atom is 0.251 e. The summed E-state index contributed by atoms with van der Waals surface area (Å²) in [5.74, 6) is 0.778. The monoisotopic (exact) mass is 645 g/mol. The first-order chi connectivity index (χ1) is 22.9. The number of piperidine rings is 1. The van der Waals surface area contributed by atoms with Gasteiger partial charge < -0.3 is 20.1 Å². The molecule has 2 N–H and O–H groups in total. The zero-order valence-electron chi connectivity index (χ0n) is 29.1. The van der Waals surface area contributed by atoms with E-state index in [2.05, 4.69) is 77.0 Å². The number of nitrogens with zero attached hydrogens (tertiary/aromatic N) is 5. The molecule has 48 heavy (non-hydrogen) atoms. The summed E-state index contributed by atoms with van der Waals surface area (Å²) in [4.78, 5) is 41.4. The number of rotatable bonds is 7. The Morgan fingerprint density at radius 2 is 1.77 bits per heavy atom. The number of likely N-dealkylation sites (tertiary alicyclic amines) is 1. The molecule has 250 valence electrons. The number of imidazole rings is 1. The fourth-order valence-electron chi connectivity index (χ4n) is 8.30. The van der Waals surface area contributed by atoms with E-state index < -0.39 is 5.41 Å². The number of carbonyl (C=O) groups excluding carboxylic acids is 2. The number of aryl methyl sites for hydroxylation is 1. The largest absolute Gasteiger partial charge is 0.355 e.